The molecule has 0 saturated heterocycles. The van der Waals surface area contributed by atoms with Crippen molar-refractivity contribution in [3.8, 4) is 5.75 Å². The number of nitrogen functional groups attached to an aromatic ring is 1. The van der Waals surface area contributed by atoms with Crippen LogP contribution < -0.4 is 10.5 Å². The lowest BCUT2D eigenvalue weighted by molar-refractivity contribution is 0.298. The number of anilines is 1. The van der Waals surface area contributed by atoms with Gasteiger partial charge in [0.25, 0.3) is 6.01 Å². The fourth-order valence-electron chi connectivity index (χ4n) is 5.37. The molecule has 4 aromatic rings. The number of halogens is 1. The van der Waals surface area contributed by atoms with Crippen LogP contribution in [0.4, 0.5) is 10.4 Å². The van der Waals surface area contributed by atoms with Gasteiger partial charge in [-0.1, -0.05) is 6.92 Å². The molecule has 0 spiro atoms. The van der Waals surface area contributed by atoms with Crippen molar-refractivity contribution >= 4 is 28.0 Å². The zero-order chi connectivity index (χ0) is 22.2. The first-order valence-corrected chi connectivity index (χ1v) is 11.3. The van der Waals surface area contributed by atoms with E-state index in [4.69, 9.17) is 14.9 Å². The lowest BCUT2D eigenvalue weighted by atomic mass is 9.74. The molecule has 0 radical (unpaired) electrons. The first-order valence-electron chi connectivity index (χ1n) is 11.3. The summed E-state index contributed by atoms with van der Waals surface area (Å²) in [7, 11) is 1.66. The molecule has 32 heavy (non-hydrogen) atoms. The van der Waals surface area contributed by atoms with E-state index >= 15 is 0 Å². The summed E-state index contributed by atoms with van der Waals surface area (Å²) >= 11 is 0. The van der Waals surface area contributed by atoms with Crippen molar-refractivity contribution in [2.45, 2.75) is 50.9 Å². The summed E-state index contributed by atoms with van der Waals surface area (Å²) in [6.45, 7) is 2.24. The maximum absolute atomic E-state index is 13.9. The van der Waals surface area contributed by atoms with E-state index in [0.717, 1.165) is 59.8 Å². The summed E-state index contributed by atoms with van der Waals surface area (Å²) in [5, 5.41) is 0.951. The maximum atomic E-state index is 13.9. The molecule has 0 amide bonds. The van der Waals surface area contributed by atoms with Crippen LogP contribution in [0.2, 0.25) is 0 Å². The average Bonchev–Trinajstić information content (AvgIpc) is 3.18. The van der Waals surface area contributed by atoms with Crippen molar-refractivity contribution in [2.75, 3.05) is 12.8 Å². The lowest BCUT2D eigenvalue weighted by Gasteiger charge is -2.31. The number of methoxy groups -OCH3 is 1. The zero-order valence-corrected chi connectivity index (χ0v) is 18.5. The number of nitrogens with zero attached hydrogens (tertiary/aromatic N) is 2. The Hall–Kier alpha value is -3.15. The average molecular weight is 434 g/mol. The zero-order valence-electron chi connectivity index (χ0n) is 18.5. The molecule has 2 aromatic carbocycles. The van der Waals surface area contributed by atoms with Crippen LogP contribution in [0.25, 0.3) is 22.0 Å². The van der Waals surface area contributed by atoms with Gasteiger partial charge in [-0.3, -0.25) is 4.98 Å². The molecule has 2 N–H and O–H groups in total. The summed E-state index contributed by atoms with van der Waals surface area (Å²) < 4.78 is 24.9. The van der Waals surface area contributed by atoms with E-state index in [1.807, 2.05) is 12.3 Å². The summed E-state index contributed by atoms with van der Waals surface area (Å²) in [4.78, 5) is 8.82. The second kappa shape index (κ2) is 8.41. The number of pyridine rings is 1. The molecule has 166 valence electrons. The fourth-order valence-corrected chi connectivity index (χ4v) is 5.37. The number of rotatable bonds is 5. The van der Waals surface area contributed by atoms with Crippen molar-refractivity contribution in [1.29, 1.82) is 0 Å². The quantitative estimate of drug-likeness (QED) is 0.385. The standard InChI is InChI=1S/C26H28FN3O2/c1-15(21-13-19(31-2)14-24-25(21)30-26(28)32-24)11-16-3-5-17(6-4-16)20-9-10-29-23-8-7-18(27)12-22(20)23/h7-10,12-17H,3-6,11H2,1-2H3,(H2,28,30)/t15-,16-,17+/m1/s1. The van der Waals surface area contributed by atoms with E-state index in [1.165, 1.54) is 11.6 Å². The topological polar surface area (TPSA) is 74.2 Å². The van der Waals surface area contributed by atoms with Gasteiger partial charge in [0.1, 0.15) is 17.1 Å². The molecular formula is C26H28FN3O2. The highest BCUT2D eigenvalue weighted by Gasteiger charge is 2.26. The molecule has 0 aliphatic heterocycles. The van der Waals surface area contributed by atoms with Crippen molar-refractivity contribution in [3.05, 3.63) is 59.5 Å². The minimum Gasteiger partial charge on any atom is -0.497 e. The molecule has 1 atom stereocenters. The minimum absolute atomic E-state index is 0.184. The minimum atomic E-state index is -0.202. The third kappa shape index (κ3) is 3.90. The molecular weight excluding hydrogens is 405 g/mol. The van der Waals surface area contributed by atoms with Crippen molar-refractivity contribution in [3.63, 3.8) is 0 Å². The summed E-state index contributed by atoms with van der Waals surface area (Å²) in [6.07, 6.45) is 7.45. The van der Waals surface area contributed by atoms with Gasteiger partial charge in [0.05, 0.1) is 12.6 Å². The van der Waals surface area contributed by atoms with Gasteiger partial charge in [0.15, 0.2) is 5.58 Å². The predicted octanol–water partition coefficient (Wildman–Crippen LogP) is 6.57. The molecule has 2 heterocycles. The van der Waals surface area contributed by atoms with E-state index in [0.29, 0.717) is 23.3 Å². The Morgan fingerprint density at radius 3 is 2.75 bits per heavy atom. The number of hydrogen-bond donors (Lipinski definition) is 1. The van der Waals surface area contributed by atoms with Crippen molar-refractivity contribution in [2.24, 2.45) is 5.92 Å². The Balaban J connectivity index is 1.31. The van der Waals surface area contributed by atoms with E-state index in [-0.39, 0.29) is 11.8 Å². The van der Waals surface area contributed by atoms with E-state index in [1.54, 1.807) is 19.2 Å². The van der Waals surface area contributed by atoms with E-state index < -0.39 is 0 Å². The third-order valence-corrected chi connectivity index (χ3v) is 6.99. The maximum Gasteiger partial charge on any atom is 0.292 e. The van der Waals surface area contributed by atoms with Gasteiger partial charge in [-0.2, -0.15) is 4.98 Å². The van der Waals surface area contributed by atoms with Gasteiger partial charge in [0.2, 0.25) is 0 Å². The highest BCUT2D eigenvalue weighted by Crippen LogP contribution is 2.42. The van der Waals surface area contributed by atoms with Crippen molar-refractivity contribution < 1.29 is 13.5 Å². The summed E-state index contributed by atoms with van der Waals surface area (Å²) in [5.41, 5.74) is 10.5. The fraction of sp³-hybridized carbons (Fsp3) is 0.385. The molecule has 5 nitrogen and oxygen atoms in total. The van der Waals surface area contributed by atoms with Crippen LogP contribution in [-0.2, 0) is 0 Å². The molecule has 1 fully saturated rings. The highest BCUT2D eigenvalue weighted by atomic mass is 19.1. The Morgan fingerprint density at radius 2 is 1.97 bits per heavy atom. The number of nitrogens with two attached hydrogens (primary N) is 1. The number of ether oxygens (including phenoxy) is 1. The lowest BCUT2D eigenvalue weighted by Crippen LogP contribution is -2.16. The van der Waals surface area contributed by atoms with Crippen LogP contribution in [0.3, 0.4) is 0 Å². The molecule has 0 bridgehead atoms. The molecule has 2 aromatic heterocycles. The van der Waals surface area contributed by atoms with Gasteiger partial charge in [-0.05, 0) is 91.3 Å². The predicted molar refractivity (Wildman–Crippen MR) is 124 cm³/mol. The second-order valence-corrected chi connectivity index (χ2v) is 9.03. The molecule has 6 heteroatoms. The summed E-state index contributed by atoms with van der Waals surface area (Å²) in [6, 6.07) is 11.0. The molecule has 5 rings (SSSR count). The largest absolute Gasteiger partial charge is 0.497 e. The third-order valence-electron chi connectivity index (χ3n) is 6.99. The van der Waals surface area contributed by atoms with Crippen LogP contribution in [0.15, 0.2) is 47.0 Å². The van der Waals surface area contributed by atoms with Crippen LogP contribution >= 0.6 is 0 Å². The van der Waals surface area contributed by atoms with Crippen molar-refractivity contribution in [1.82, 2.24) is 9.97 Å². The van der Waals surface area contributed by atoms with Gasteiger partial charge in [-0.15, -0.1) is 0 Å². The first-order chi connectivity index (χ1) is 15.5. The van der Waals surface area contributed by atoms with Crippen LogP contribution in [0.5, 0.6) is 5.75 Å². The van der Waals surface area contributed by atoms with Crippen LogP contribution in [0.1, 0.15) is 62.0 Å². The Morgan fingerprint density at radius 1 is 1.16 bits per heavy atom. The van der Waals surface area contributed by atoms with Gasteiger partial charge in [-0.25, -0.2) is 4.39 Å². The van der Waals surface area contributed by atoms with Gasteiger partial charge < -0.3 is 14.9 Å². The van der Waals surface area contributed by atoms with Gasteiger partial charge in [0, 0.05) is 17.6 Å². The first kappa shape index (κ1) is 20.7. The number of hydrogen-bond acceptors (Lipinski definition) is 5. The number of aromatic nitrogens is 2. The smallest absolute Gasteiger partial charge is 0.292 e. The van der Waals surface area contributed by atoms with E-state index in [9.17, 15) is 4.39 Å². The second-order valence-electron chi connectivity index (χ2n) is 9.03. The van der Waals surface area contributed by atoms with E-state index in [2.05, 4.69) is 29.0 Å². The Bertz CT molecular complexity index is 1260. The molecule has 1 aliphatic rings. The van der Waals surface area contributed by atoms with Crippen LogP contribution in [-0.4, -0.2) is 17.1 Å². The SMILES string of the molecule is COc1cc([C@H](C)C[C@H]2CC[C@@H](c3ccnc4ccc(F)cc43)CC2)c2nc(N)oc2c1. The number of oxazole rings is 1. The number of benzene rings is 2. The number of fused-ring (bicyclic) bond motifs is 2. The normalized spacial score (nSPS) is 20.0. The molecule has 1 aliphatic carbocycles. The monoisotopic (exact) mass is 433 g/mol. The Kier molecular flexibility index (Phi) is 5.45. The highest BCUT2D eigenvalue weighted by molar-refractivity contribution is 5.82. The molecule has 0 unspecified atom stereocenters. The van der Waals surface area contributed by atoms with Gasteiger partial charge >= 0.3 is 0 Å². The summed E-state index contributed by atoms with van der Waals surface area (Å²) in [5.74, 6) is 1.96. The Labute approximate surface area is 186 Å². The molecule has 1 saturated carbocycles. The van der Waals surface area contributed by atoms with Crippen LogP contribution in [0, 0.1) is 11.7 Å².